The highest BCUT2D eigenvalue weighted by molar-refractivity contribution is 5.97. The number of hydrogen-bond donors (Lipinski definition) is 0. The lowest BCUT2D eigenvalue weighted by Gasteiger charge is -2.12. The normalized spacial score (nSPS) is 10.8. The number of Topliss-reactive ketones (excluding diaryl/α,β-unsaturated/α-hetero) is 1. The molecule has 0 atom stereocenters. The first-order valence-corrected chi connectivity index (χ1v) is 6.62. The first-order chi connectivity index (χ1) is 9.49. The minimum absolute atomic E-state index is 0.00553. The van der Waals surface area contributed by atoms with Gasteiger partial charge < -0.3 is 4.74 Å². The molecule has 106 valence electrons. The van der Waals surface area contributed by atoms with Gasteiger partial charge in [-0.3, -0.25) is 4.79 Å². The number of ketones is 1. The van der Waals surface area contributed by atoms with E-state index in [0.717, 1.165) is 11.4 Å². The van der Waals surface area contributed by atoms with Crippen LogP contribution in [-0.2, 0) is 6.61 Å². The molecule has 0 spiro atoms. The Morgan fingerprint density at radius 1 is 1.40 bits per heavy atom. The third-order valence-corrected chi connectivity index (χ3v) is 3.01. The maximum atomic E-state index is 11.6. The second-order valence-corrected chi connectivity index (χ2v) is 5.06. The highest BCUT2D eigenvalue weighted by Gasteiger charge is 2.12. The summed E-state index contributed by atoms with van der Waals surface area (Å²) in [5.41, 5.74) is 1.63. The van der Waals surface area contributed by atoms with Crippen molar-refractivity contribution in [2.24, 2.45) is 0 Å². The molecule has 0 aliphatic rings. The van der Waals surface area contributed by atoms with Gasteiger partial charge in [-0.1, -0.05) is 11.6 Å². The summed E-state index contributed by atoms with van der Waals surface area (Å²) in [5.74, 6) is 1.32. The van der Waals surface area contributed by atoms with Crippen molar-refractivity contribution in [1.82, 2.24) is 14.8 Å². The van der Waals surface area contributed by atoms with E-state index in [9.17, 15) is 4.79 Å². The molecule has 0 unspecified atom stereocenters. The van der Waals surface area contributed by atoms with Crippen molar-refractivity contribution in [2.45, 2.75) is 40.3 Å². The van der Waals surface area contributed by atoms with Gasteiger partial charge in [0.2, 0.25) is 0 Å². The topological polar surface area (TPSA) is 57.0 Å². The van der Waals surface area contributed by atoms with Crippen LogP contribution >= 0.6 is 0 Å². The molecule has 0 bridgehead atoms. The van der Waals surface area contributed by atoms with Gasteiger partial charge in [-0.05, 0) is 39.8 Å². The Hall–Kier alpha value is -2.17. The zero-order valence-corrected chi connectivity index (χ0v) is 12.3. The van der Waals surface area contributed by atoms with E-state index >= 15 is 0 Å². The monoisotopic (exact) mass is 273 g/mol. The summed E-state index contributed by atoms with van der Waals surface area (Å²) in [5, 5.41) is 4.16. The van der Waals surface area contributed by atoms with Crippen molar-refractivity contribution in [2.75, 3.05) is 0 Å². The van der Waals surface area contributed by atoms with Crippen LogP contribution < -0.4 is 4.74 Å². The van der Waals surface area contributed by atoms with Crippen LogP contribution in [0.2, 0.25) is 0 Å². The fraction of sp³-hybridized carbons (Fsp3) is 0.400. The Bertz CT molecular complexity index is 617. The number of aromatic nitrogens is 3. The number of ether oxygens (including phenoxy) is 1. The summed E-state index contributed by atoms with van der Waals surface area (Å²) in [6.07, 6.45) is 1.51. The van der Waals surface area contributed by atoms with Crippen LogP contribution in [0, 0.1) is 6.92 Å². The minimum atomic E-state index is -0.00553. The highest BCUT2D eigenvalue weighted by Crippen LogP contribution is 2.21. The number of carbonyl (C=O) groups is 1. The zero-order chi connectivity index (χ0) is 14.7. The van der Waals surface area contributed by atoms with Gasteiger partial charge in [-0.2, -0.15) is 5.10 Å². The van der Waals surface area contributed by atoms with Gasteiger partial charge in [0.1, 0.15) is 18.7 Å². The first-order valence-electron chi connectivity index (χ1n) is 6.62. The van der Waals surface area contributed by atoms with Crippen LogP contribution in [0.15, 0.2) is 24.5 Å². The number of rotatable bonds is 5. The van der Waals surface area contributed by atoms with Gasteiger partial charge in [0, 0.05) is 6.04 Å². The number of carbonyl (C=O) groups excluding carboxylic acids is 1. The third-order valence-electron chi connectivity index (χ3n) is 3.01. The average Bonchev–Trinajstić information content (AvgIpc) is 2.85. The average molecular weight is 273 g/mol. The van der Waals surface area contributed by atoms with E-state index < -0.39 is 0 Å². The van der Waals surface area contributed by atoms with E-state index in [1.807, 2.05) is 43.7 Å². The number of aryl methyl sites for hydroxylation is 1. The van der Waals surface area contributed by atoms with E-state index in [1.165, 1.54) is 13.3 Å². The Morgan fingerprint density at radius 2 is 2.15 bits per heavy atom. The third kappa shape index (κ3) is 3.04. The lowest BCUT2D eigenvalue weighted by atomic mass is 10.1. The van der Waals surface area contributed by atoms with E-state index in [-0.39, 0.29) is 11.8 Å². The fourth-order valence-corrected chi connectivity index (χ4v) is 2.00. The molecule has 5 nitrogen and oxygen atoms in total. The van der Waals surface area contributed by atoms with Crippen LogP contribution in [0.5, 0.6) is 5.75 Å². The molecule has 0 N–H and O–H groups in total. The lowest BCUT2D eigenvalue weighted by Crippen LogP contribution is -2.11. The van der Waals surface area contributed by atoms with Crippen molar-refractivity contribution in [3.8, 4) is 5.75 Å². The first kappa shape index (κ1) is 14.2. The number of benzene rings is 1. The summed E-state index contributed by atoms with van der Waals surface area (Å²) in [7, 11) is 0. The maximum absolute atomic E-state index is 11.6. The molecule has 0 radical (unpaired) electrons. The summed E-state index contributed by atoms with van der Waals surface area (Å²) < 4.78 is 7.55. The largest absolute Gasteiger partial charge is 0.485 e. The molecule has 1 aromatic heterocycles. The maximum Gasteiger partial charge on any atom is 0.165 e. The Labute approximate surface area is 118 Å². The van der Waals surface area contributed by atoms with Crippen LogP contribution in [0.25, 0.3) is 0 Å². The van der Waals surface area contributed by atoms with Crippen LogP contribution in [-0.4, -0.2) is 20.5 Å². The smallest absolute Gasteiger partial charge is 0.165 e. The van der Waals surface area contributed by atoms with Gasteiger partial charge in [0.15, 0.2) is 11.6 Å². The van der Waals surface area contributed by atoms with E-state index in [0.29, 0.717) is 17.9 Å². The quantitative estimate of drug-likeness (QED) is 0.786. The van der Waals surface area contributed by atoms with Gasteiger partial charge >= 0.3 is 0 Å². The molecule has 1 aromatic carbocycles. The van der Waals surface area contributed by atoms with Crippen molar-refractivity contribution in [3.05, 3.63) is 41.5 Å². The molecule has 1 heterocycles. The number of hydrogen-bond acceptors (Lipinski definition) is 4. The SMILES string of the molecule is CC(=O)c1cc(C)ccc1OCc1ncnn1C(C)C. The van der Waals surface area contributed by atoms with Gasteiger partial charge in [0.05, 0.1) is 5.56 Å². The predicted octanol–water partition coefficient (Wildman–Crippen LogP) is 2.95. The Morgan fingerprint density at radius 3 is 2.80 bits per heavy atom. The second-order valence-electron chi connectivity index (χ2n) is 5.06. The fourth-order valence-electron chi connectivity index (χ4n) is 2.00. The van der Waals surface area contributed by atoms with Crippen molar-refractivity contribution in [1.29, 1.82) is 0 Å². The Kier molecular flexibility index (Phi) is 4.17. The van der Waals surface area contributed by atoms with E-state index in [4.69, 9.17) is 4.74 Å². The molecule has 2 aromatic rings. The van der Waals surface area contributed by atoms with Crippen LogP contribution in [0.1, 0.15) is 48.6 Å². The van der Waals surface area contributed by atoms with E-state index in [1.54, 1.807) is 0 Å². The molecular formula is C15H19N3O2. The predicted molar refractivity (Wildman–Crippen MR) is 75.9 cm³/mol. The highest BCUT2D eigenvalue weighted by atomic mass is 16.5. The molecule has 0 saturated heterocycles. The molecule has 0 saturated carbocycles. The van der Waals surface area contributed by atoms with Gasteiger partial charge in [0.25, 0.3) is 0 Å². The summed E-state index contributed by atoms with van der Waals surface area (Å²) >= 11 is 0. The molecule has 0 aliphatic heterocycles. The molecular weight excluding hydrogens is 254 g/mol. The van der Waals surface area contributed by atoms with Crippen molar-refractivity contribution < 1.29 is 9.53 Å². The molecule has 2 rings (SSSR count). The molecule has 0 fully saturated rings. The summed E-state index contributed by atoms with van der Waals surface area (Å²) in [6.45, 7) is 7.85. The molecule has 0 amide bonds. The summed E-state index contributed by atoms with van der Waals surface area (Å²) in [4.78, 5) is 15.8. The number of nitrogens with zero attached hydrogens (tertiary/aromatic N) is 3. The van der Waals surface area contributed by atoms with E-state index in [2.05, 4.69) is 10.1 Å². The summed E-state index contributed by atoms with van der Waals surface area (Å²) in [6, 6.07) is 5.81. The van der Waals surface area contributed by atoms with Crippen molar-refractivity contribution >= 4 is 5.78 Å². The zero-order valence-electron chi connectivity index (χ0n) is 12.3. The molecule has 0 aliphatic carbocycles. The second kappa shape index (κ2) is 5.86. The molecule has 20 heavy (non-hydrogen) atoms. The van der Waals surface area contributed by atoms with Crippen LogP contribution in [0.4, 0.5) is 0 Å². The standard InChI is InChI=1S/C15H19N3O2/c1-10(2)18-15(16-9-17-18)8-20-14-6-5-11(3)7-13(14)12(4)19/h5-7,9-10H,8H2,1-4H3. The van der Waals surface area contributed by atoms with Gasteiger partial charge in [-0.25, -0.2) is 9.67 Å². The van der Waals surface area contributed by atoms with Crippen molar-refractivity contribution in [3.63, 3.8) is 0 Å². The minimum Gasteiger partial charge on any atom is -0.485 e. The van der Waals surface area contributed by atoms with Crippen LogP contribution in [0.3, 0.4) is 0 Å². The van der Waals surface area contributed by atoms with Gasteiger partial charge in [-0.15, -0.1) is 0 Å². The Balaban J connectivity index is 2.19. The lowest BCUT2D eigenvalue weighted by molar-refractivity contribution is 0.101. The molecule has 5 heteroatoms.